The van der Waals surface area contributed by atoms with Gasteiger partial charge >= 0.3 is 0 Å². The maximum atomic E-state index is 12.2. The highest BCUT2D eigenvalue weighted by Gasteiger charge is 2.38. The van der Waals surface area contributed by atoms with Crippen molar-refractivity contribution in [3.05, 3.63) is 18.2 Å². The van der Waals surface area contributed by atoms with Crippen molar-refractivity contribution in [2.75, 3.05) is 32.8 Å². The molecule has 1 aromatic rings. The number of amides is 1. The maximum absolute atomic E-state index is 12.2. The fourth-order valence-electron chi connectivity index (χ4n) is 1.91. The maximum Gasteiger partial charge on any atom is 0.247 e. The average molecular weight is 266 g/mol. The van der Waals surface area contributed by atoms with Gasteiger partial charge in [0, 0.05) is 12.7 Å². The van der Waals surface area contributed by atoms with Crippen LogP contribution in [0.2, 0.25) is 0 Å². The highest BCUT2D eigenvalue weighted by Crippen LogP contribution is 2.30. The van der Waals surface area contributed by atoms with Crippen LogP contribution in [0.1, 0.15) is 6.42 Å². The minimum absolute atomic E-state index is 0.233. The lowest BCUT2D eigenvalue weighted by Crippen LogP contribution is -2.51. The smallest absolute Gasteiger partial charge is 0.247 e. The Hall–Kier alpha value is -1.79. The lowest BCUT2D eigenvalue weighted by molar-refractivity contribution is -0.121. The van der Waals surface area contributed by atoms with Gasteiger partial charge in [0.25, 0.3) is 0 Å². The monoisotopic (exact) mass is 266 g/mol. The van der Waals surface area contributed by atoms with E-state index in [1.807, 2.05) is 0 Å². The third kappa shape index (κ3) is 2.80. The summed E-state index contributed by atoms with van der Waals surface area (Å²) >= 11 is 0. The molecule has 0 aromatic heterocycles. The van der Waals surface area contributed by atoms with Crippen LogP contribution in [-0.4, -0.2) is 38.9 Å². The Morgan fingerprint density at radius 3 is 2.79 bits per heavy atom. The second-order valence-corrected chi connectivity index (χ2v) is 4.48. The van der Waals surface area contributed by atoms with Gasteiger partial charge in [-0.05, 0) is 18.6 Å². The molecule has 0 saturated carbocycles. The van der Waals surface area contributed by atoms with Gasteiger partial charge in [0.1, 0.15) is 17.0 Å². The van der Waals surface area contributed by atoms with E-state index in [2.05, 4.69) is 5.32 Å². The molecule has 1 aliphatic heterocycles. The predicted octanol–water partition coefficient (Wildman–Crippen LogP) is 0.760. The highest BCUT2D eigenvalue weighted by molar-refractivity contribution is 5.99. The molecule has 1 atom stereocenters. The van der Waals surface area contributed by atoms with Gasteiger partial charge in [-0.3, -0.25) is 4.79 Å². The zero-order chi connectivity index (χ0) is 13.9. The molecule has 1 saturated heterocycles. The molecule has 1 aromatic carbocycles. The van der Waals surface area contributed by atoms with Crippen LogP contribution in [0, 0.1) is 0 Å². The minimum atomic E-state index is -0.967. The molecule has 104 valence electrons. The number of anilines is 1. The Kier molecular flexibility index (Phi) is 3.92. The van der Waals surface area contributed by atoms with E-state index in [-0.39, 0.29) is 12.5 Å². The standard InChI is InChI=1S/C13H18N2O4/c1-17-9-3-4-10(11(7-9)18-2)15-12(16)13(14)5-6-19-8-13/h3-4,7H,5-6,8,14H2,1-2H3,(H,15,16). The highest BCUT2D eigenvalue weighted by atomic mass is 16.5. The van der Waals surface area contributed by atoms with E-state index in [9.17, 15) is 4.79 Å². The van der Waals surface area contributed by atoms with Crippen molar-refractivity contribution in [2.45, 2.75) is 12.0 Å². The molecule has 0 spiro atoms. The fraction of sp³-hybridized carbons (Fsp3) is 0.462. The molecule has 0 bridgehead atoms. The van der Waals surface area contributed by atoms with Gasteiger partial charge in [0.15, 0.2) is 0 Å². The van der Waals surface area contributed by atoms with Gasteiger partial charge in [0.2, 0.25) is 5.91 Å². The molecule has 0 radical (unpaired) electrons. The zero-order valence-electron chi connectivity index (χ0n) is 11.1. The van der Waals surface area contributed by atoms with Gasteiger partial charge < -0.3 is 25.3 Å². The quantitative estimate of drug-likeness (QED) is 0.840. The summed E-state index contributed by atoms with van der Waals surface area (Å²) in [5, 5.41) is 2.77. The van der Waals surface area contributed by atoms with Crippen LogP contribution in [0.15, 0.2) is 18.2 Å². The van der Waals surface area contributed by atoms with Crippen molar-refractivity contribution in [3.63, 3.8) is 0 Å². The first-order valence-corrected chi connectivity index (χ1v) is 5.99. The van der Waals surface area contributed by atoms with E-state index >= 15 is 0 Å². The summed E-state index contributed by atoms with van der Waals surface area (Å²) < 4.78 is 15.5. The molecule has 6 heteroatoms. The summed E-state index contributed by atoms with van der Waals surface area (Å²) in [6.45, 7) is 0.737. The predicted molar refractivity (Wildman–Crippen MR) is 70.5 cm³/mol. The molecular weight excluding hydrogens is 248 g/mol. The van der Waals surface area contributed by atoms with E-state index in [1.165, 1.54) is 7.11 Å². The summed E-state index contributed by atoms with van der Waals surface area (Å²) in [6, 6.07) is 5.16. The molecule has 1 amide bonds. The summed E-state index contributed by atoms with van der Waals surface area (Å²) in [6.07, 6.45) is 0.511. The van der Waals surface area contributed by atoms with Crippen LogP contribution in [0.25, 0.3) is 0 Å². The second-order valence-electron chi connectivity index (χ2n) is 4.48. The van der Waals surface area contributed by atoms with Gasteiger partial charge in [0.05, 0.1) is 26.5 Å². The van der Waals surface area contributed by atoms with Crippen molar-refractivity contribution >= 4 is 11.6 Å². The number of nitrogens with one attached hydrogen (secondary N) is 1. The molecule has 1 unspecified atom stereocenters. The topological polar surface area (TPSA) is 82.8 Å². The number of nitrogens with two attached hydrogens (primary N) is 1. The molecular formula is C13H18N2O4. The summed E-state index contributed by atoms with van der Waals surface area (Å²) in [5.74, 6) is 0.908. The van der Waals surface area contributed by atoms with Gasteiger partial charge in [-0.15, -0.1) is 0 Å². The molecule has 2 rings (SSSR count). The van der Waals surface area contributed by atoms with E-state index < -0.39 is 5.54 Å². The van der Waals surface area contributed by atoms with Gasteiger partial charge in [-0.1, -0.05) is 0 Å². The van der Waals surface area contributed by atoms with Crippen LogP contribution in [0.5, 0.6) is 11.5 Å². The number of rotatable bonds is 4. The van der Waals surface area contributed by atoms with E-state index in [0.717, 1.165) is 0 Å². The normalized spacial score (nSPS) is 22.1. The first-order valence-electron chi connectivity index (χ1n) is 5.99. The number of hydrogen-bond donors (Lipinski definition) is 2. The zero-order valence-corrected chi connectivity index (χ0v) is 11.1. The third-order valence-corrected chi connectivity index (χ3v) is 3.16. The molecule has 0 aliphatic carbocycles. The summed E-state index contributed by atoms with van der Waals surface area (Å²) in [5.41, 5.74) is 5.59. The number of carbonyl (C=O) groups excluding carboxylic acids is 1. The number of methoxy groups -OCH3 is 2. The Bertz CT molecular complexity index is 470. The van der Waals surface area contributed by atoms with E-state index in [1.54, 1.807) is 25.3 Å². The van der Waals surface area contributed by atoms with Crippen LogP contribution in [-0.2, 0) is 9.53 Å². The number of carbonyl (C=O) groups is 1. The Morgan fingerprint density at radius 2 is 2.21 bits per heavy atom. The first kappa shape index (κ1) is 13.6. The number of ether oxygens (including phenoxy) is 3. The molecule has 1 fully saturated rings. The van der Waals surface area contributed by atoms with Crippen molar-refractivity contribution < 1.29 is 19.0 Å². The average Bonchev–Trinajstić information content (AvgIpc) is 2.87. The van der Waals surface area contributed by atoms with Crippen LogP contribution < -0.4 is 20.5 Å². The molecule has 19 heavy (non-hydrogen) atoms. The first-order chi connectivity index (χ1) is 9.09. The SMILES string of the molecule is COc1ccc(NC(=O)C2(N)CCOC2)c(OC)c1. The van der Waals surface area contributed by atoms with Crippen molar-refractivity contribution in [2.24, 2.45) is 5.73 Å². The molecule has 3 N–H and O–H groups in total. The molecule has 6 nitrogen and oxygen atoms in total. The minimum Gasteiger partial charge on any atom is -0.497 e. The van der Waals surface area contributed by atoms with E-state index in [0.29, 0.717) is 30.2 Å². The molecule has 1 aliphatic rings. The van der Waals surface area contributed by atoms with E-state index in [4.69, 9.17) is 19.9 Å². The molecule has 1 heterocycles. The fourth-order valence-corrected chi connectivity index (χ4v) is 1.91. The summed E-state index contributed by atoms with van der Waals surface area (Å²) in [4.78, 5) is 12.2. The Balaban J connectivity index is 2.16. The van der Waals surface area contributed by atoms with Crippen LogP contribution in [0.3, 0.4) is 0 Å². The van der Waals surface area contributed by atoms with Crippen molar-refractivity contribution in [1.29, 1.82) is 0 Å². The Morgan fingerprint density at radius 1 is 1.42 bits per heavy atom. The van der Waals surface area contributed by atoms with Crippen molar-refractivity contribution in [3.8, 4) is 11.5 Å². The third-order valence-electron chi connectivity index (χ3n) is 3.16. The van der Waals surface area contributed by atoms with Gasteiger partial charge in [-0.2, -0.15) is 0 Å². The lowest BCUT2D eigenvalue weighted by atomic mass is 9.99. The second kappa shape index (κ2) is 5.46. The van der Waals surface area contributed by atoms with Crippen molar-refractivity contribution in [1.82, 2.24) is 0 Å². The van der Waals surface area contributed by atoms with Gasteiger partial charge in [-0.25, -0.2) is 0 Å². The summed E-state index contributed by atoms with van der Waals surface area (Å²) in [7, 11) is 3.10. The van der Waals surface area contributed by atoms with Crippen LogP contribution in [0.4, 0.5) is 5.69 Å². The lowest BCUT2D eigenvalue weighted by Gasteiger charge is -2.21. The largest absolute Gasteiger partial charge is 0.497 e. The number of benzene rings is 1. The Labute approximate surface area is 111 Å². The number of hydrogen-bond acceptors (Lipinski definition) is 5. The van der Waals surface area contributed by atoms with Crippen LogP contribution >= 0.6 is 0 Å².